The number of hydrogen-bond acceptors (Lipinski definition) is 8. The van der Waals surface area contributed by atoms with Crippen molar-refractivity contribution in [2.75, 3.05) is 159 Å². The zero-order chi connectivity index (χ0) is 31.0. The molecule has 43 heavy (non-hydrogen) atoms. The van der Waals surface area contributed by atoms with Crippen LogP contribution in [0.5, 0.6) is 0 Å². The number of likely N-dealkylation sites (N-methyl/N-ethyl adjacent to an activating group) is 4. The van der Waals surface area contributed by atoms with Crippen LogP contribution in [-0.4, -0.2) is 198 Å². The normalized spacial score (nSPS) is 29.6. The molecule has 0 amide bonds. The van der Waals surface area contributed by atoms with E-state index in [1.54, 1.807) is 0 Å². The van der Waals surface area contributed by atoms with Crippen LogP contribution < -0.4 is 0 Å². The van der Waals surface area contributed by atoms with Gasteiger partial charge in [0.1, 0.15) is 0 Å². The van der Waals surface area contributed by atoms with Crippen LogP contribution in [0.3, 0.4) is 0 Å². The van der Waals surface area contributed by atoms with E-state index in [1.807, 2.05) is 0 Å². The molecule has 262 valence electrons. The molecule has 4 bridgehead atoms. The van der Waals surface area contributed by atoms with Crippen molar-refractivity contribution >= 4 is 40.4 Å². The van der Waals surface area contributed by atoms with E-state index in [-0.39, 0.29) is 33.7 Å². The third kappa shape index (κ3) is 24.6. The van der Waals surface area contributed by atoms with Gasteiger partial charge in [-0.15, -0.1) is 0 Å². The first-order valence-electron chi connectivity index (χ1n) is 15.7. The average Bonchev–Trinajstić information content (AvgIpc) is 2.97. The van der Waals surface area contributed by atoms with Gasteiger partial charge in [-0.05, 0) is 106 Å². The van der Waals surface area contributed by atoms with E-state index < -0.39 is 0 Å². The zero-order valence-corrected chi connectivity index (χ0v) is 32.2. The van der Waals surface area contributed by atoms with Crippen molar-refractivity contribution < 1.29 is 26.3 Å². The quantitative estimate of drug-likeness (QED) is 0.343. The summed E-state index contributed by atoms with van der Waals surface area (Å²) in [6.45, 7) is 25.0. The van der Waals surface area contributed by atoms with E-state index in [0.717, 1.165) is 0 Å². The van der Waals surface area contributed by atoms with Crippen molar-refractivity contribution in [2.45, 2.75) is 33.1 Å². The Morgan fingerprint density at radius 3 is 0.651 bits per heavy atom. The van der Waals surface area contributed by atoms with Crippen molar-refractivity contribution in [2.24, 2.45) is 0 Å². The molecule has 0 spiro atoms. The number of hydrogen-bond donors (Lipinski definition) is 0. The molecule has 4 heterocycles. The first-order valence-corrected chi connectivity index (χ1v) is 22.2. The molecular formula is C29H64Cl4Mn2N8. The van der Waals surface area contributed by atoms with Crippen molar-refractivity contribution in [3.63, 3.8) is 0 Å². The van der Waals surface area contributed by atoms with Gasteiger partial charge in [0.25, 0.3) is 0 Å². The Morgan fingerprint density at radius 1 is 0.302 bits per heavy atom. The summed E-state index contributed by atoms with van der Waals surface area (Å²) in [4.78, 5) is 20.6. The standard InChI is InChI=1S/2C14H30N4.CH4.4ClH.2Mn/c2*1-15-5-3-7-18-12-10-16(2)6-4-8-17(11-9-15)13-14-18;;;;;;;/h2*3-14H2,1-2H3;1H4;4*1H;;/q;;;;;;;2*+2/p-4. The Bertz CT molecular complexity index is 525. The molecule has 4 rings (SSSR count). The average molecular weight is 777 g/mol. The van der Waals surface area contributed by atoms with E-state index >= 15 is 0 Å². The number of halogens is 4. The predicted octanol–water partition coefficient (Wildman–Crippen LogP) is 3.91. The summed E-state index contributed by atoms with van der Waals surface area (Å²) in [7, 11) is 28.3. The first-order chi connectivity index (χ1) is 20.3. The van der Waals surface area contributed by atoms with Crippen molar-refractivity contribution in [3.8, 4) is 0 Å². The van der Waals surface area contributed by atoms with Gasteiger partial charge in [-0.3, -0.25) is 0 Å². The molecule has 0 saturated carbocycles. The maximum atomic E-state index is 4.80. The summed E-state index contributed by atoms with van der Waals surface area (Å²) in [6, 6.07) is 0. The topological polar surface area (TPSA) is 25.9 Å². The number of fused-ring (bicyclic) bond motifs is 6. The number of nitrogens with zero attached hydrogens (tertiary/aromatic N) is 8. The fraction of sp³-hybridized carbons (Fsp3) is 1.00. The summed E-state index contributed by atoms with van der Waals surface area (Å²) in [5.41, 5.74) is 0. The molecule has 4 fully saturated rings. The Labute approximate surface area is 296 Å². The molecule has 8 nitrogen and oxygen atoms in total. The van der Waals surface area contributed by atoms with E-state index in [0.29, 0.717) is 0 Å². The van der Waals surface area contributed by atoms with Gasteiger partial charge in [0, 0.05) is 78.5 Å². The Balaban J connectivity index is 0.000000680. The predicted molar refractivity (Wildman–Crippen MR) is 184 cm³/mol. The van der Waals surface area contributed by atoms with E-state index in [1.165, 1.54) is 157 Å². The van der Waals surface area contributed by atoms with Crippen LogP contribution in [0.2, 0.25) is 0 Å². The summed E-state index contributed by atoms with van der Waals surface area (Å²) in [5, 5.41) is 0. The number of rotatable bonds is 0. The van der Waals surface area contributed by atoms with Crippen LogP contribution in [-0.2, 0) is 26.3 Å². The summed E-state index contributed by atoms with van der Waals surface area (Å²) >= 11 is 0.0139. The van der Waals surface area contributed by atoms with Gasteiger partial charge < -0.3 is 39.2 Å². The van der Waals surface area contributed by atoms with Crippen LogP contribution in [0, 0.1) is 0 Å². The molecule has 4 unspecified atom stereocenters. The molecular weight excluding hydrogens is 712 g/mol. The van der Waals surface area contributed by atoms with Crippen LogP contribution in [0.1, 0.15) is 33.1 Å². The Kier molecular flexibility index (Phi) is 31.3. The molecule has 4 saturated heterocycles. The zero-order valence-electron chi connectivity index (χ0n) is 26.8. The third-order valence-electron chi connectivity index (χ3n) is 8.71. The van der Waals surface area contributed by atoms with Gasteiger partial charge >= 0.3 is 66.7 Å². The maximum absolute atomic E-state index is 4.80. The van der Waals surface area contributed by atoms with Crippen molar-refractivity contribution in [1.29, 1.82) is 0 Å². The second-order valence-electron chi connectivity index (χ2n) is 12.1. The molecule has 0 aromatic rings. The monoisotopic (exact) mass is 774 g/mol. The van der Waals surface area contributed by atoms with Crippen LogP contribution >= 0.6 is 40.4 Å². The van der Waals surface area contributed by atoms with E-state index in [4.69, 9.17) is 40.4 Å². The van der Waals surface area contributed by atoms with Gasteiger partial charge in [-0.25, -0.2) is 0 Å². The second-order valence-corrected chi connectivity index (χ2v) is 16.0. The molecule has 4 aliphatic heterocycles. The summed E-state index contributed by atoms with van der Waals surface area (Å²) in [5.74, 6) is 0. The fourth-order valence-corrected chi connectivity index (χ4v) is 5.86. The molecule has 0 aromatic heterocycles. The molecule has 0 aromatic carbocycles. The summed E-state index contributed by atoms with van der Waals surface area (Å²) in [6.07, 6.45) is 5.28. The van der Waals surface area contributed by atoms with Crippen molar-refractivity contribution in [1.82, 2.24) is 39.2 Å². The SMILES string of the molecule is C.CN1CCCN2CCN(C)CCCN(CC1)CC2.CN1CCCN2CCN(C)CCCN(CC1)CC2.[Cl][Mn][Cl].[Cl][Mn][Cl]. The van der Waals surface area contributed by atoms with Gasteiger partial charge in [0.15, 0.2) is 0 Å². The Morgan fingerprint density at radius 2 is 0.465 bits per heavy atom. The molecule has 0 N–H and O–H groups in total. The molecule has 0 aliphatic carbocycles. The van der Waals surface area contributed by atoms with Gasteiger partial charge in [-0.2, -0.15) is 0 Å². The first kappa shape index (κ1) is 44.9. The van der Waals surface area contributed by atoms with Gasteiger partial charge in [0.2, 0.25) is 0 Å². The third-order valence-corrected chi connectivity index (χ3v) is 8.71. The van der Waals surface area contributed by atoms with Crippen LogP contribution in [0.4, 0.5) is 0 Å². The second kappa shape index (κ2) is 30.0. The minimum absolute atomic E-state index is 0. The summed E-state index contributed by atoms with van der Waals surface area (Å²) < 4.78 is 0. The van der Waals surface area contributed by atoms with Crippen molar-refractivity contribution in [3.05, 3.63) is 0 Å². The molecule has 4 atom stereocenters. The fourth-order valence-electron chi connectivity index (χ4n) is 5.86. The molecule has 4 aliphatic rings. The van der Waals surface area contributed by atoms with Gasteiger partial charge in [0.05, 0.1) is 0 Å². The van der Waals surface area contributed by atoms with E-state index in [9.17, 15) is 0 Å². The molecule has 0 radical (unpaired) electrons. The minimum atomic E-state index is 0. The van der Waals surface area contributed by atoms with Crippen LogP contribution in [0.25, 0.3) is 0 Å². The van der Waals surface area contributed by atoms with E-state index in [2.05, 4.69) is 67.4 Å². The molecule has 14 heteroatoms. The van der Waals surface area contributed by atoms with Crippen LogP contribution in [0.15, 0.2) is 0 Å². The Hall–Kier alpha value is 1.88. The van der Waals surface area contributed by atoms with Gasteiger partial charge in [-0.1, -0.05) is 7.43 Å².